The molecule has 1 heterocycles. The van der Waals surface area contributed by atoms with Gasteiger partial charge in [-0.1, -0.05) is 29.8 Å². The fourth-order valence-corrected chi connectivity index (χ4v) is 3.57. The minimum absolute atomic E-state index is 0. The Bertz CT molecular complexity index is 804. The van der Waals surface area contributed by atoms with Gasteiger partial charge in [-0.25, -0.2) is 0 Å². The van der Waals surface area contributed by atoms with E-state index in [2.05, 4.69) is 15.5 Å². The quantitative estimate of drug-likeness (QED) is 0.742. The number of methoxy groups -OCH3 is 2. The summed E-state index contributed by atoms with van der Waals surface area (Å²) in [5, 5.41) is 6.77. The third-order valence-corrected chi connectivity index (χ3v) is 4.93. The molecule has 1 fully saturated rings. The van der Waals surface area contributed by atoms with E-state index in [1.54, 1.807) is 32.4 Å². The van der Waals surface area contributed by atoms with E-state index in [4.69, 9.17) is 21.1 Å². The monoisotopic (exact) mass is 425 g/mol. The number of ether oxygens (including phenoxy) is 2. The van der Waals surface area contributed by atoms with Gasteiger partial charge >= 0.3 is 0 Å². The molecule has 2 aromatic rings. The van der Waals surface area contributed by atoms with Gasteiger partial charge in [-0.05, 0) is 24.3 Å². The molecule has 1 aliphatic heterocycles. The lowest BCUT2D eigenvalue weighted by molar-refractivity contribution is -0.118. The number of halogens is 2. The van der Waals surface area contributed by atoms with Gasteiger partial charge in [0.1, 0.15) is 11.5 Å². The Labute approximate surface area is 176 Å². The van der Waals surface area contributed by atoms with Crippen molar-refractivity contribution in [1.29, 1.82) is 0 Å². The van der Waals surface area contributed by atoms with Crippen LogP contribution in [0.5, 0.6) is 11.5 Å². The highest BCUT2D eigenvalue weighted by Gasteiger charge is 2.27. The number of carbonyl (C=O) groups is 1. The Hall–Kier alpha value is -1.99. The van der Waals surface area contributed by atoms with E-state index in [9.17, 15) is 4.79 Å². The van der Waals surface area contributed by atoms with Gasteiger partial charge in [0.15, 0.2) is 0 Å². The molecule has 2 aromatic carbocycles. The zero-order valence-electron chi connectivity index (χ0n) is 15.9. The van der Waals surface area contributed by atoms with Gasteiger partial charge in [0, 0.05) is 30.9 Å². The maximum atomic E-state index is 12.6. The Morgan fingerprint density at radius 3 is 2.68 bits per heavy atom. The fourth-order valence-electron chi connectivity index (χ4n) is 3.31. The van der Waals surface area contributed by atoms with E-state index in [0.29, 0.717) is 16.5 Å². The average molecular weight is 426 g/mol. The summed E-state index contributed by atoms with van der Waals surface area (Å²) in [6, 6.07) is 13.2. The summed E-state index contributed by atoms with van der Waals surface area (Å²) >= 11 is 6.13. The van der Waals surface area contributed by atoms with Gasteiger partial charge in [-0.15, -0.1) is 12.4 Å². The molecule has 1 amide bonds. The van der Waals surface area contributed by atoms with E-state index in [1.165, 1.54) is 0 Å². The third-order valence-electron chi connectivity index (χ3n) is 4.63. The second-order valence-corrected chi connectivity index (χ2v) is 6.74. The van der Waals surface area contributed by atoms with Crippen LogP contribution in [0.3, 0.4) is 0 Å². The second kappa shape index (κ2) is 10.5. The summed E-state index contributed by atoms with van der Waals surface area (Å²) in [6.45, 7) is 2.67. The molecule has 8 heteroatoms. The molecular weight excluding hydrogens is 401 g/mol. The first-order valence-corrected chi connectivity index (χ1v) is 9.21. The molecule has 0 radical (unpaired) electrons. The number of para-hydroxylation sites is 1. The van der Waals surface area contributed by atoms with Crippen LogP contribution < -0.4 is 20.1 Å². The number of amides is 1. The van der Waals surface area contributed by atoms with E-state index in [0.717, 1.165) is 30.9 Å². The summed E-state index contributed by atoms with van der Waals surface area (Å²) in [6.07, 6.45) is 0. The van der Waals surface area contributed by atoms with E-state index in [1.807, 2.05) is 24.3 Å². The van der Waals surface area contributed by atoms with Gasteiger partial charge < -0.3 is 20.1 Å². The van der Waals surface area contributed by atoms with Crippen molar-refractivity contribution in [1.82, 2.24) is 10.2 Å². The van der Waals surface area contributed by atoms with E-state index < -0.39 is 0 Å². The third kappa shape index (κ3) is 5.29. The van der Waals surface area contributed by atoms with Crippen LogP contribution >= 0.6 is 24.0 Å². The molecule has 1 atom stereocenters. The van der Waals surface area contributed by atoms with Crippen LogP contribution in [0, 0.1) is 0 Å². The van der Waals surface area contributed by atoms with Gasteiger partial charge in [0.05, 0.1) is 31.8 Å². The Kier molecular flexibility index (Phi) is 8.38. The van der Waals surface area contributed by atoms with Crippen molar-refractivity contribution in [3.63, 3.8) is 0 Å². The molecule has 3 rings (SSSR count). The van der Waals surface area contributed by atoms with Crippen LogP contribution in [0.15, 0.2) is 42.5 Å². The predicted octanol–water partition coefficient (Wildman–Crippen LogP) is 3.36. The highest BCUT2D eigenvalue weighted by Crippen LogP contribution is 2.30. The van der Waals surface area contributed by atoms with Crippen LogP contribution in [0.25, 0.3) is 0 Å². The molecule has 0 aliphatic carbocycles. The number of carbonyl (C=O) groups excluding carboxylic acids is 1. The first-order valence-electron chi connectivity index (χ1n) is 8.83. The number of rotatable bonds is 6. The zero-order chi connectivity index (χ0) is 19.2. The van der Waals surface area contributed by atoms with Crippen molar-refractivity contribution in [3.05, 3.63) is 53.1 Å². The number of nitrogens with zero attached hydrogens (tertiary/aromatic N) is 1. The minimum atomic E-state index is -0.0852. The van der Waals surface area contributed by atoms with Crippen LogP contribution in [-0.2, 0) is 4.79 Å². The summed E-state index contributed by atoms with van der Waals surface area (Å²) in [4.78, 5) is 14.8. The minimum Gasteiger partial charge on any atom is -0.496 e. The fraction of sp³-hybridized carbons (Fsp3) is 0.350. The van der Waals surface area contributed by atoms with Gasteiger partial charge in [-0.3, -0.25) is 9.69 Å². The Balaban J connectivity index is 0.00000280. The second-order valence-electron chi connectivity index (χ2n) is 6.33. The number of hydrogen-bond donors (Lipinski definition) is 2. The number of hydrogen-bond acceptors (Lipinski definition) is 5. The van der Waals surface area contributed by atoms with Gasteiger partial charge in [-0.2, -0.15) is 0 Å². The van der Waals surface area contributed by atoms with Crippen molar-refractivity contribution in [2.24, 2.45) is 0 Å². The highest BCUT2D eigenvalue weighted by atomic mass is 35.5. The smallest absolute Gasteiger partial charge is 0.238 e. The SMILES string of the molecule is COc1ccc(NC(=O)CN2CCNCC2c2ccccc2OC)cc1Cl.Cl. The number of benzene rings is 2. The Morgan fingerprint density at radius 2 is 1.96 bits per heavy atom. The predicted molar refractivity (Wildman–Crippen MR) is 114 cm³/mol. The molecule has 0 saturated carbocycles. The first-order chi connectivity index (χ1) is 13.1. The standard InChI is InChI=1S/C20H24ClN3O3.ClH/c1-26-18-6-4-3-5-15(18)17-12-22-9-10-24(17)13-20(25)23-14-7-8-19(27-2)16(21)11-14;/h3-8,11,17,22H,9-10,12-13H2,1-2H3,(H,23,25);1H. The molecule has 1 aliphatic rings. The molecule has 1 unspecified atom stereocenters. The van der Waals surface area contributed by atoms with E-state index >= 15 is 0 Å². The molecule has 28 heavy (non-hydrogen) atoms. The van der Waals surface area contributed by atoms with Crippen LogP contribution in [0.4, 0.5) is 5.69 Å². The molecule has 0 aromatic heterocycles. The molecule has 2 N–H and O–H groups in total. The summed E-state index contributed by atoms with van der Waals surface area (Å²) in [7, 11) is 3.22. The van der Waals surface area contributed by atoms with Crippen molar-refractivity contribution in [2.45, 2.75) is 6.04 Å². The van der Waals surface area contributed by atoms with Crippen molar-refractivity contribution < 1.29 is 14.3 Å². The summed E-state index contributed by atoms with van der Waals surface area (Å²) < 4.78 is 10.6. The van der Waals surface area contributed by atoms with Gasteiger partial charge in [0.2, 0.25) is 5.91 Å². The van der Waals surface area contributed by atoms with Crippen LogP contribution in [-0.4, -0.2) is 51.2 Å². The normalized spacial score (nSPS) is 16.8. The highest BCUT2D eigenvalue weighted by molar-refractivity contribution is 6.32. The lowest BCUT2D eigenvalue weighted by Gasteiger charge is -2.36. The topological polar surface area (TPSA) is 62.8 Å². The maximum absolute atomic E-state index is 12.6. The van der Waals surface area contributed by atoms with E-state index in [-0.39, 0.29) is 30.9 Å². The molecule has 1 saturated heterocycles. The van der Waals surface area contributed by atoms with Crippen LogP contribution in [0.2, 0.25) is 5.02 Å². The first kappa shape index (κ1) is 22.3. The van der Waals surface area contributed by atoms with Crippen molar-refractivity contribution >= 4 is 35.6 Å². The molecule has 0 spiro atoms. The average Bonchev–Trinajstić information content (AvgIpc) is 2.68. The maximum Gasteiger partial charge on any atom is 0.238 e. The largest absolute Gasteiger partial charge is 0.496 e. The Morgan fingerprint density at radius 1 is 1.21 bits per heavy atom. The number of piperazine rings is 1. The number of anilines is 1. The lowest BCUT2D eigenvalue weighted by Crippen LogP contribution is -2.48. The molecular formula is C20H25Cl2N3O3. The van der Waals surface area contributed by atoms with Crippen molar-refractivity contribution in [3.8, 4) is 11.5 Å². The summed E-state index contributed by atoms with van der Waals surface area (Å²) in [5.74, 6) is 1.32. The van der Waals surface area contributed by atoms with Crippen LogP contribution in [0.1, 0.15) is 11.6 Å². The van der Waals surface area contributed by atoms with Crippen molar-refractivity contribution in [2.75, 3.05) is 45.7 Å². The zero-order valence-corrected chi connectivity index (χ0v) is 17.5. The lowest BCUT2D eigenvalue weighted by atomic mass is 10.0. The van der Waals surface area contributed by atoms with Gasteiger partial charge in [0.25, 0.3) is 0 Å². The molecule has 0 bridgehead atoms. The molecule has 152 valence electrons. The molecule has 6 nitrogen and oxygen atoms in total. The summed E-state index contributed by atoms with van der Waals surface area (Å²) in [5.41, 5.74) is 1.72. The number of nitrogens with one attached hydrogen (secondary N) is 2.